The van der Waals surface area contributed by atoms with Crippen molar-refractivity contribution in [1.29, 1.82) is 0 Å². The SMILES string of the molecule is CCCCCCCCCCCCCC(=O)N1CCCC1C(=O)NCCNC. The molecule has 0 aromatic rings. The van der Waals surface area contributed by atoms with E-state index in [9.17, 15) is 9.59 Å². The van der Waals surface area contributed by atoms with Crippen LogP contribution in [0.15, 0.2) is 0 Å². The summed E-state index contributed by atoms with van der Waals surface area (Å²) >= 11 is 0. The minimum Gasteiger partial charge on any atom is -0.353 e. The summed E-state index contributed by atoms with van der Waals surface area (Å²) in [7, 11) is 1.87. The third kappa shape index (κ3) is 10.7. The third-order valence-corrected chi connectivity index (χ3v) is 5.54. The summed E-state index contributed by atoms with van der Waals surface area (Å²) in [5.74, 6) is 0.173. The molecule has 5 heteroatoms. The van der Waals surface area contributed by atoms with Gasteiger partial charge >= 0.3 is 0 Å². The van der Waals surface area contributed by atoms with Crippen LogP contribution >= 0.6 is 0 Å². The number of likely N-dealkylation sites (tertiary alicyclic amines) is 1. The van der Waals surface area contributed by atoms with Crippen molar-refractivity contribution in [2.75, 3.05) is 26.7 Å². The summed E-state index contributed by atoms with van der Waals surface area (Å²) in [6, 6.07) is -0.248. The molecule has 5 nitrogen and oxygen atoms in total. The van der Waals surface area contributed by atoms with Gasteiger partial charge in [0.2, 0.25) is 11.8 Å². The summed E-state index contributed by atoms with van der Waals surface area (Å²) in [4.78, 5) is 26.6. The molecule has 0 bridgehead atoms. The maximum Gasteiger partial charge on any atom is 0.242 e. The smallest absolute Gasteiger partial charge is 0.242 e. The van der Waals surface area contributed by atoms with Gasteiger partial charge in [-0.05, 0) is 26.3 Å². The van der Waals surface area contributed by atoms with Gasteiger partial charge in [0.1, 0.15) is 6.04 Å². The molecule has 0 aromatic carbocycles. The van der Waals surface area contributed by atoms with Crippen molar-refractivity contribution in [1.82, 2.24) is 15.5 Å². The number of carbonyl (C=O) groups is 2. The van der Waals surface area contributed by atoms with Crippen LogP contribution in [0.3, 0.4) is 0 Å². The molecule has 1 rings (SSSR count). The first-order valence-electron chi connectivity index (χ1n) is 11.4. The van der Waals surface area contributed by atoms with E-state index in [1.54, 1.807) is 0 Å². The van der Waals surface area contributed by atoms with Crippen LogP contribution in [0, 0.1) is 0 Å². The van der Waals surface area contributed by atoms with Crippen LogP contribution in [0.5, 0.6) is 0 Å². The van der Waals surface area contributed by atoms with Gasteiger partial charge in [-0.15, -0.1) is 0 Å². The molecule has 0 spiro atoms. The second kappa shape index (κ2) is 15.9. The van der Waals surface area contributed by atoms with Gasteiger partial charge in [0.25, 0.3) is 0 Å². The lowest BCUT2D eigenvalue weighted by Gasteiger charge is -2.24. The van der Waals surface area contributed by atoms with Gasteiger partial charge in [-0.3, -0.25) is 9.59 Å². The standard InChI is InChI=1S/C22H43N3O2/c1-3-4-5-6-7-8-9-10-11-12-13-16-21(26)25-19-14-15-20(25)22(27)24-18-17-23-2/h20,23H,3-19H2,1-2H3,(H,24,27). The van der Waals surface area contributed by atoms with E-state index in [0.29, 0.717) is 13.0 Å². The number of rotatable bonds is 16. The predicted molar refractivity (Wildman–Crippen MR) is 113 cm³/mol. The van der Waals surface area contributed by atoms with E-state index < -0.39 is 0 Å². The topological polar surface area (TPSA) is 61.4 Å². The molecule has 1 atom stereocenters. The molecule has 0 aromatic heterocycles. The Labute approximate surface area is 167 Å². The highest BCUT2D eigenvalue weighted by Gasteiger charge is 2.33. The number of hydrogen-bond acceptors (Lipinski definition) is 3. The van der Waals surface area contributed by atoms with Gasteiger partial charge in [-0.25, -0.2) is 0 Å². The Morgan fingerprint density at radius 3 is 2.07 bits per heavy atom. The Balaban J connectivity index is 2.06. The van der Waals surface area contributed by atoms with Crippen LogP contribution in [0.1, 0.15) is 96.8 Å². The van der Waals surface area contributed by atoms with Crippen molar-refractivity contribution >= 4 is 11.8 Å². The van der Waals surface area contributed by atoms with E-state index in [0.717, 1.165) is 38.8 Å². The van der Waals surface area contributed by atoms with Crippen LogP contribution < -0.4 is 10.6 Å². The highest BCUT2D eigenvalue weighted by Crippen LogP contribution is 2.20. The lowest BCUT2D eigenvalue weighted by Crippen LogP contribution is -2.47. The van der Waals surface area contributed by atoms with E-state index in [4.69, 9.17) is 0 Å². The summed E-state index contributed by atoms with van der Waals surface area (Å²) in [5, 5.41) is 5.94. The quantitative estimate of drug-likeness (QED) is 0.397. The summed E-state index contributed by atoms with van der Waals surface area (Å²) in [6.45, 7) is 4.37. The van der Waals surface area contributed by atoms with Crippen molar-refractivity contribution in [3.63, 3.8) is 0 Å². The Hall–Kier alpha value is -1.10. The Morgan fingerprint density at radius 2 is 1.48 bits per heavy atom. The molecular formula is C22H43N3O2. The average molecular weight is 382 g/mol. The van der Waals surface area contributed by atoms with Gasteiger partial charge in [-0.2, -0.15) is 0 Å². The van der Waals surface area contributed by atoms with Crippen molar-refractivity contribution in [3.05, 3.63) is 0 Å². The minimum absolute atomic E-state index is 0.00929. The zero-order valence-corrected chi connectivity index (χ0v) is 17.9. The van der Waals surface area contributed by atoms with Crippen LogP contribution in [0.4, 0.5) is 0 Å². The Bertz CT molecular complexity index is 401. The third-order valence-electron chi connectivity index (χ3n) is 5.54. The van der Waals surface area contributed by atoms with Crippen LogP contribution in [-0.2, 0) is 9.59 Å². The number of carbonyl (C=O) groups excluding carboxylic acids is 2. The summed E-state index contributed by atoms with van der Waals surface area (Å²) in [6.07, 6.45) is 16.5. The summed E-state index contributed by atoms with van der Waals surface area (Å²) in [5.41, 5.74) is 0. The lowest BCUT2D eigenvalue weighted by molar-refractivity contribution is -0.138. The zero-order valence-electron chi connectivity index (χ0n) is 17.9. The molecule has 0 radical (unpaired) electrons. The van der Waals surface area contributed by atoms with E-state index >= 15 is 0 Å². The number of nitrogens with zero attached hydrogens (tertiary/aromatic N) is 1. The van der Waals surface area contributed by atoms with E-state index in [-0.39, 0.29) is 17.9 Å². The fourth-order valence-electron chi connectivity index (χ4n) is 3.85. The lowest BCUT2D eigenvalue weighted by atomic mass is 10.0. The molecule has 2 amide bonds. The number of hydrogen-bond donors (Lipinski definition) is 2. The minimum atomic E-state index is -0.248. The van der Waals surface area contributed by atoms with Crippen LogP contribution in [-0.4, -0.2) is 49.4 Å². The van der Waals surface area contributed by atoms with Gasteiger partial charge in [-0.1, -0.05) is 71.1 Å². The number of likely N-dealkylation sites (N-methyl/N-ethyl adjacent to an activating group) is 1. The van der Waals surface area contributed by atoms with E-state index in [1.807, 2.05) is 11.9 Å². The Morgan fingerprint density at radius 1 is 0.889 bits per heavy atom. The number of amides is 2. The summed E-state index contributed by atoms with van der Waals surface area (Å²) < 4.78 is 0. The van der Waals surface area contributed by atoms with E-state index in [1.165, 1.54) is 57.8 Å². The Kier molecular flexibility index (Phi) is 14.1. The molecule has 158 valence electrons. The maximum absolute atomic E-state index is 12.5. The van der Waals surface area contributed by atoms with Crippen molar-refractivity contribution in [2.45, 2.75) is 103 Å². The molecule has 1 unspecified atom stereocenters. The maximum atomic E-state index is 12.5. The molecule has 1 heterocycles. The molecule has 27 heavy (non-hydrogen) atoms. The molecule has 0 saturated carbocycles. The van der Waals surface area contributed by atoms with Crippen molar-refractivity contribution in [2.24, 2.45) is 0 Å². The first-order chi connectivity index (χ1) is 13.2. The van der Waals surface area contributed by atoms with Gasteiger partial charge in [0.15, 0.2) is 0 Å². The predicted octanol–water partition coefficient (Wildman–Crippen LogP) is 4.01. The fraction of sp³-hybridized carbons (Fsp3) is 0.909. The largest absolute Gasteiger partial charge is 0.353 e. The van der Waals surface area contributed by atoms with Crippen molar-refractivity contribution in [3.8, 4) is 0 Å². The monoisotopic (exact) mass is 381 g/mol. The van der Waals surface area contributed by atoms with Crippen LogP contribution in [0.2, 0.25) is 0 Å². The first kappa shape index (κ1) is 23.9. The van der Waals surface area contributed by atoms with Gasteiger partial charge in [0, 0.05) is 26.1 Å². The number of nitrogens with one attached hydrogen (secondary N) is 2. The van der Waals surface area contributed by atoms with Gasteiger partial charge in [0.05, 0.1) is 0 Å². The van der Waals surface area contributed by atoms with Crippen LogP contribution in [0.25, 0.3) is 0 Å². The highest BCUT2D eigenvalue weighted by molar-refractivity contribution is 5.88. The van der Waals surface area contributed by atoms with E-state index in [2.05, 4.69) is 17.6 Å². The second-order valence-electron chi connectivity index (χ2n) is 7.93. The molecule has 1 aliphatic heterocycles. The molecule has 2 N–H and O–H groups in total. The van der Waals surface area contributed by atoms with Gasteiger partial charge < -0.3 is 15.5 Å². The molecule has 1 saturated heterocycles. The second-order valence-corrected chi connectivity index (χ2v) is 7.93. The van der Waals surface area contributed by atoms with Crippen molar-refractivity contribution < 1.29 is 9.59 Å². The molecule has 0 aliphatic carbocycles. The molecule has 1 fully saturated rings. The normalized spacial score (nSPS) is 16.7. The fourth-order valence-corrected chi connectivity index (χ4v) is 3.85. The molecular weight excluding hydrogens is 338 g/mol. The highest BCUT2D eigenvalue weighted by atomic mass is 16.2. The first-order valence-corrected chi connectivity index (χ1v) is 11.4. The molecule has 1 aliphatic rings. The zero-order chi connectivity index (χ0) is 19.7. The average Bonchev–Trinajstić information content (AvgIpc) is 3.16. The number of unbranched alkanes of at least 4 members (excludes halogenated alkanes) is 10.